The van der Waals surface area contributed by atoms with Gasteiger partial charge in [0, 0.05) is 5.02 Å². The third-order valence-electron chi connectivity index (χ3n) is 3.17. The van der Waals surface area contributed by atoms with Gasteiger partial charge in [0.15, 0.2) is 0 Å². The lowest BCUT2D eigenvalue weighted by Gasteiger charge is -2.19. The fraction of sp³-hybridized carbons (Fsp3) is 0.308. The molecule has 7 nitrogen and oxygen atoms in total. The van der Waals surface area contributed by atoms with Crippen LogP contribution in [-0.4, -0.2) is 55.4 Å². The van der Waals surface area contributed by atoms with Crippen LogP contribution < -0.4 is 4.18 Å². The normalized spacial score (nSPS) is 19.2. The van der Waals surface area contributed by atoms with Crippen molar-refractivity contribution >= 4 is 39.9 Å². The quantitative estimate of drug-likeness (QED) is 0.603. The van der Waals surface area contributed by atoms with Crippen LogP contribution in [0.1, 0.15) is 5.56 Å². The van der Waals surface area contributed by atoms with E-state index >= 15 is 0 Å². The van der Waals surface area contributed by atoms with E-state index in [1.807, 2.05) is 0 Å². The van der Waals surface area contributed by atoms with Gasteiger partial charge in [-0.25, -0.2) is 9.37 Å². The van der Waals surface area contributed by atoms with E-state index in [0.717, 1.165) is 15.7 Å². The number of rotatable bonds is 3. The Bertz CT molecular complexity index is 788. The van der Waals surface area contributed by atoms with E-state index in [-0.39, 0.29) is 5.75 Å². The number of carbonyl (C=O) groups is 2. The summed E-state index contributed by atoms with van der Waals surface area (Å²) in [6.07, 6.45) is 1.02. The number of hydrogen-bond acceptors (Lipinski definition) is 5. The van der Waals surface area contributed by atoms with Crippen molar-refractivity contribution in [3.63, 3.8) is 0 Å². The molecule has 0 spiro atoms. The fourth-order valence-electron chi connectivity index (χ4n) is 1.91. The second-order valence-corrected chi connectivity index (χ2v) is 6.91. The summed E-state index contributed by atoms with van der Waals surface area (Å²) in [6.45, 7) is 1.69. The molecule has 0 radical (unpaired) electrons. The molecule has 0 saturated carbocycles. The molecule has 2 rings (SSSR count). The number of halogens is 1. The molecule has 1 atom stereocenters. The van der Waals surface area contributed by atoms with Gasteiger partial charge in [0.2, 0.25) is 0 Å². The first-order chi connectivity index (χ1) is 10.1. The summed E-state index contributed by atoms with van der Waals surface area (Å²) in [7, 11) is -1.72. The van der Waals surface area contributed by atoms with E-state index in [1.165, 1.54) is 32.3 Å². The minimum absolute atomic E-state index is 0.0466. The van der Waals surface area contributed by atoms with Crippen molar-refractivity contribution in [1.29, 1.82) is 0 Å². The van der Waals surface area contributed by atoms with Gasteiger partial charge in [-0.3, -0.25) is 0 Å². The molecule has 0 bridgehead atoms. The van der Waals surface area contributed by atoms with E-state index < -0.39 is 27.3 Å². The van der Waals surface area contributed by atoms with Crippen LogP contribution in [0.15, 0.2) is 18.2 Å². The summed E-state index contributed by atoms with van der Waals surface area (Å²) in [6, 6.07) is 3.72. The number of carbonyl (C=O) groups excluding carboxylic acids is 2. The SMILES string of the molecule is Cc1cc(OS(=O)(=O)C2C=[N+](C)C(=O)N(C)C2=O)ccc1Cl. The van der Waals surface area contributed by atoms with Gasteiger partial charge in [-0.15, -0.1) is 0 Å². The summed E-state index contributed by atoms with van der Waals surface area (Å²) in [5.41, 5.74) is 0.637. The van der Waals surface area contributed by atoms with Gasteiger partial charge in [-0.2, -0.15) is 18.1 Å². The Hall–Kier alpha value is -1.93. The predicted octanol–water partition coefficient (Wildman–Crippen LogP) is 1.03. The maximum atomic E-state index is 12.3. The third kappa shape index (κ3) is 2.97. The van der Waals surface area contributed by atoms with Gasteiger partial charge in [0.1, 0.15) is 12.0 Å². The molecular formula is C13H14ClN2O5S+. The first kappa shape index (κ1) is 16.4. The Labute approximate surface area is 132 Å². The Balaban J connectivity index is 2.36. The van der Waals surface area contributed by atoms with Gasteiger partial charge < -0.3 is 4.18 Å². The third-order valence-corrected chi connectivity index (χ3v) is 4.97. The minimum atomic E-state index is -4.29. The Morgan fingerprint density at radius 3 is 2.55 bits per heavy atom. The van der Waals surface area contributed by atoms with Crippen LogP contribution in [0, 0.1) is 6.92 Å². The van der Waals surface area contributed by atoms with Gasteiger partial charge >= 0.3 is 22.1 Å². The predicted molar refractivity (Wildman–Crippen MR) is 79.9 cm³/mol. The number of urea groups is 1. The second kappa shape index (κ2) is 5.69. The molecule has 3 amide bonds. The number of imide groups is 1. The zero-order valence-corrected chi connectivity index (χ0v) is 13.7. The maximum absolute atomic E-state index is 12.3. The number of nitrogens with zero attached hydrogens (tertiary/aromatic N) is 2. The molecule has 1 aromatic carbocycles. The Morgan fingerprint density at radius 1 is 1.32 bits per heavy atom. The number of amides is 3. The van der Waals surface area contributed by atoms with Crippen LogP contribution >= 0.6 is 11.6 Å². The number of hydrogen-bond donors (Lipinski definition) is 0. The molecule has 1 aliphatic heterocycles. The van der Waals surface area contributed by atoms with Gasteiger partial charge in [0.05, 0.1) is 14.1 Å². The minimum Gasteiger partial charge on any atom is -0.381 e. The van der Waals surface area contributed by atoms with E-state index in [2.05, 4.69) is 0 Å². The van der Waals surface area contributed by atoms with Gasteiger partial charge in [0.25, 0.3) is 5.25 Å². The molecule has 1 aliphatic rings. The van der Waals surface area contributed by atoms with Crippen LogP contribution in [0.4, 0.5) is 4.79 Å². The van der Waals surface area contributed by atoms with Crippen molar-refractivity contribution in [3.8, 4) is 5.75 Å². The molecule has 0 aromatic heterocycles. The molecule has 0 fully saturated rings. The van der Waals surface area contributed by atoms with Crippen molar-refractivity contribution in [2.45, 2.75) is 12.2 Å². The van der Waals surface area contributed by atoms with Crippen LogP contribution in [0.25, 0.3) is 0 Å². The Morgan fingerprint density at radius 2 is 1.95 bits per heavy atom. The molecule has 9 heteroatoms. The molecule has 22 heavy (non-hydrogen) atoms. The lowest BCUT2D eigenvalue weighted by atomic mass is 10.2. The summed E-state index contributed by atoms with van der Waals surface area (Å²) in [5, 5.41) is -1.12. The lowest BCUT2D eigenvalue weighted by Crippen LogP contribution is -2.54. The van der Waals surface area contributed by atoms with Crippen LogP contribution in [0.2, 0.25) is 5.02 Å². The summed E-state index contributed by atoms with van der Waals surface area (Å²) >= 11 is 5.86. The van der Waals surface area contributed by atoms with Crippen LogP contribution in [0.3, 0.4) is 0 Å². The highest BCUT2D eigenvalue weighted by atomic mass is 35.5. The highest BCUT2D eigenvalue weighted by Gasteiger charge is 2.47. The van der Waals surface area contributed by atoms with E-state index in [9.17, 15) is 18.0 Å². The molecule has 1 aromatic rings. The zero-order chi connectivity index (χ0) is 16.7. The fourth-order valence-corrected chi connectivity index (χ4v) is 3.24. The molecular weight excluding hydrogens is 332 g/mol. The van der Waals surface area contributed by atoms with E-state index in [4.69, 9.17) is 15.8 Å². The van der Waals surface area contributed by atoms with Crippen molar-refractivity contribution in [1.82, 2.24) is 4.90 Å². The molecule has 0 saturated heterocycles. The van der Waals surface area contributed by atoms with Crippen LogP contribution in [0.5, 0.6) is 5.75 Å². The molecule has 1 heterocycles. The number of aryl methyl sites for hydroxylation is 1. The van der Waals surface area contributed by atoms with E-state index in [1.54, 1.807) is 6.92 Å². The van der Waals surface area contributed by atoms with Crippen molar-refractivity contribution in [2.75, 3.05) is 14.1 Å². The smallest absolute Gasteiger partial charge is 0.381 e. The zero-order valence-electron chi connectivity index (χ0n) is 12.1. The first-order valence-corrected chi connectivity index (χ1v) is 8.07. The summed E-state index contributed by atoms with van der Waals surface area (Å²) in [4.78, 5) is 24.3. The topological polar surface area (TPSA) is 83.8 Å². The maximum Gasteiger partial charge on any atom is 0.500 e. The van der Waals surface area contributed by atoms with Crippen molar-refractivity contribution in [2.24, 2.45) is 0 Å². The number of benzene rings is 1. The Kier molecular flexibility index (Phi) is 4.25. The van der Waals surface area contributed by atoms with Crippen LogP contribution in [-0.2, 0) is 14.9 Å². The monoisotopic (exact) mass is 345 g/mol. The largest absolute Gasteiger partial charge is 0.500 e. The summed E-state index contributed by atoms with van der Waals surface area (Å²) in [5.74, 6) is -0.820. The lowest BCUT2D eigenvalue weighted by molar-refractivity contribution is -0.399. The highest BCUT2D eigenvalue weighted by molar-refractivity contribution is 7.89. The molecule has 0 aliphatic carbocycles. The molecule has 118 valence electrons. The van der Waals surface area contributed by atoms with Crippen molar-refractivity contribution in [3.05, 3.63) is 28.8 Å². The molecule has 0 N–H and O–H groups in total. The molecule has 1 unspecified atom stereocenters. The van der Waals surface area contributed by atoms with Crippen molar-refractivity contribution < 1.29 is 26.8 Å². The van der Waals surface area contributed by atoms with Gasteiger partial charge in [-0.05, 0) is 30.7 Å². The average Bonchev–Trinajstić information content (AvgIpc) is 2.44. The highest BCUT2D eigenvalue weighted by Crippen LogP contribution is 2.23. The van der Waals surface area contributed by atoms with Gasteiger partial charge in [-0.1, -0.05) is 11.6 Å². The standard InChI is InChI=1S/C13H14ClN2O5S/c1-8-6-9(4-5-10(8)14)21-22(19,20)11-7-15(2)13(18)16(3)12(11)17/h4-7,11H,1-3H3/q+1. The summed E-state index contributed by atoms with van der Waals surface area (Å²) < 4.78 is 30.6. The van der Waals surface area contributed by atoms with E-state index in [0.29, 0.717) is 10.6 Å². The average molecular weight is 346 g/mol. The first-order valence-electron chi connectivity index (χ1n) is 6.22. The second-order valence-electron chi connectivity index (χ2n) is 4.85.